The molecule has 33 heavy (non-hydrogen) atoms. The minimum absolute atomic E-state index is 0.0781. The third kappa shape index (κ3) is 6.36. The molecule has 0 aliphatic carbocycles. The second-order valence-electron chi connectivity index (χ2n) is 8.99. The van der Waals surface area contributed by atoms with Gasteiger partial charge >= 0.3 is 0 Å². The molecule has 8 heteroatoms. The Morgan fingerprint density at radius 2 is 1.94 bits per heavy atom. The fraction of sp³-hybridized carbons (Fsp3) is 0.400. The van der Waals surface area contributed by atoms with Gasteiger partial charge in [-0.15, -0.1) is 0 Å². The molecule has 3 aromatic rings. The van der Waals surface area contributed by atoms with Gasteiger partial charge in [-0.1, -0.05) is 44.7 Å². The second kappa shape index (κ2) is 10.4. The van der Waals surface area contributed by atoms with Crippen LogP contribution in [0, 0.1) is 0 Å². The van der Waals surface area contributed by atoms with Gasteiger partial charge in [-0.05, 0) is 29.8 Å². The number of carbonyl (C=O) groups excluding carboxylic acids is 1. The lowest BCUT2D eigenvalue weighted by Gasteiger charge is -2.29. The van der Waals surface area contributed by atoms with Crippen LogP contribution in [0.5, 0.6) is 0 Å². The number of nitrogens with zero attached hydrogens (tertiary/aromatic N) is 3. The average Bonchev–Trinajstić information content (AvgIpc) is 3.35. The molecule has 3 heterocycles. The van der Waals surface area contributed by atoms with Crippen molar-refractivity contribution in [1.29, 1.82) is 0 Å². The molecule has 0 spiro atoms. The van der Waals surface area contributed by atoms with Crippen molar-refractivity contribution in [1.82, 2.24) is 15.3 Å². The molecule has 2 aromatic heterocycles. The topological polar surface area (TPSA) is 80.5 Å². The van der Waals surface area contributed by atoms with E-state index in [4.69, 9.17) is 19.1 Å². The summed E-state index contributed by atoms with van der Waals surface area (Å²) in [5, 5.41) is 3.64. The third-order valence-electron chi connectivity index (χ3n) is 5.36. The number of morpholine rings is 1. The van der Waals surface area contributed by atoms with Gasteiger partial charge in [-0.2, -0.15) is 0 Å². The van der Waals surface area contributed by atoms with E-state index in [1.165, 1.54) is 0 Å². The smallest absolute Gasteiger partial charge is 0.251 e. The van der Waals surface area contributed by atoms with Crippen molar-refractivity contribution >= 4 is 23.5 Å². The Labute approximate surface area is 198 Å². The molecule has 4 rings (SSSR count). The molecule has 174 valence electrons. The number of benzene rings is 1. The van der Waals surface area contributed by atoms with Gasteiger partial charge in [0.25, 0.3) is 5.91 Å². The summed E-state index contributed by atoms with van der Waals surface area (Å²) in [5.41, 5.74) is 2.61. The van der Waals surface area contributed by atoms with E-state index < -0.39 is 0 Å². The summed E-state index contributed by atoms with van der Waals surface area (Å²) in [7, 11) is 0. The van der Waals surface area contributed by atoms with Crippen LogP contribution in [-0.4, -0.2) is 42.2 Å². The molecule has 0 atom stereocenters. The van der Waals surface area contributed by atoms with Crippen LogP contribution in [0.1, 0.15) is 48.1 Å². The van der Waals surface area contributed by atoms with Crippen molar-refractivity contribution in [2.45, 2.75) is 43.6 Å². The predicted octanol–water partition coefficient (Wildman–Crippen LogP) is 4.43. The first-order valence-corrected chi connectivity index (χ1v) is 12.1. The highest BCUT2D eigenvalue weighted by molar-refractivity contribution is 7.98. The Morgan fingerprint density at radius 1 is 1.12 bits per heavy atom. The number of thioether (sulfide) groups is 1. The predicted molar refractivity (Wildman–Crippen MR) is 130 cm³/mol. The lowest BCUT2D eigenvalue weighted by Crippen LogP contribution is -2.37. The molecule has 1 aliphatic heterocycles. The van der Waals surface area contributed by atoms with Gasteiger partial charge in [0, 0.05) is 35.9 Å². The number of furan rings is 1. The summed E-state index contributed by atoms with van der Waals surface area (Å²) in [5.74, 6) is 2.22. The molecule has 1 saturated heterocycles. The maximum atomic E-state index is 12.5. The fourth-order valence-electron chi connectivity index (χ4n) is 3.45. The first-order valence-electron chi connectivity index (χ1n) is 11.1. The van der Waals surface area contributed by atoms with E-state index in [1.807, 2.05) is 30.3 Å². The molecule has 0 radical (unpaired) electrons. The highest BCUT2D eigenvalue weighted by Gasteiger charge is 2.21. The molecule has 0 saturated carbocycles. The Hall–Kier alpha value is -2.84. The first-order chi connectivity index (χ1) is 15.9. The summed E-state index contributed by atoms with van der Waals surface area (Å²) in [6.45, 7) is 9.95. The minimum Gasteiger partial charge on any atom is -0.467 e. The molecule has 1 amide bonds. The lowest BCUT2D eigenvalue weighted by molar-refractivity contribution is 0.0948. The van der Waals surface area contributed by atoms with E-state index in [9.17, 15) is 4.79 Å². The molecular weight excluding hydrogens is 436 g/mol. The Balaban J connectivity index is 1.45. The fourth-order valence-corrected chi connectivity index (χ4v) is 4.25. The lowest BCUT2D eigenvalue weighted by atomic mass is 9.92. The normalized spacial score (nSPS) is 14.3. The van der Waals surface area contributed by atoms with Crippen LogP contribution < -0.4 is 10.2 Å². The van der Waals surface area contributed by atoms with Gasteiger partial charge in [-0.25, -0.2) is 9.97 Å². The van der Waals surface area contributed by atoms with E-state index in [-0.39, 0.29) is 11.3 Å². The van der Waals surface area contributed by atoms with Gasteiger partial charge in [-0.3, -0.25) is 4.79 Å². The second-order valence-corrected chi connectivity index (χ2v) is 9.94. The van der Waals surface area contributed by atoms with Crippen LogP contribution in [0.3, 0.4) is 0 Å². The number of aromatic nitrogens is 2. The van der Waals surface area contributed by atoms with Crippen molar-refractivity contribution in [2.75, 3.05) is 31.2 Å². The number of carbonyl (C=O) groups is 1. The molecule has 1 N–H and O–H groups in total. The van der Waals surface area contributed by atoms with Crippen LogP contribution in [0.25, 0.3) is 0 Å². The van der Waals surface area contributed by atoms with Crippen molar-refractivity contribution in [3.63, 3.8) is 0 Å². The summed E-state index contributed by atoms with van der Waals surface area (Å²) in [4.78, 5) is 24.5. The number of hydrogen-bond acceptors (Lipinski definition) is 7. The summed E-state index contributed by atoms with van der Waals surface area (Å²) in [6.07, 6.45) is 1.60. The molecule has 0 bridgehead atoms. The van der Waals surface area contributed by atoms with Crippen LogP contribution in [0.4, 0.5) is 5.82 Å². The average molecular weight is 467 g/mol. The quantitative estimate of drug-likeness (QED) is 0.408. The first kappa shape index (κ1) is 23.3. The zero-order chi connectivity index (χ0) is 23.3. The molecule has 1 aromatic carbocycles. The summed E-state index contributed by atoms with van der Waals surface area (Å²) < 4.78 is 10.8. The van der Waals surface area contributed by atoms with E-state index in [1.54, 1.807) is 24.1 Å². The van der Waals surface area contributed by atoms with Crippen LogP contribution in [0.15, 0.2) is 58.3 Å². The minimum atomic E-state index is -0.126. The van der Waals surface area contributed by atoms with Gasteiger partial charge in [0.2, 0.25) is 0 Å². The van der Waals surface area contributed by atoms with Crippen molar-refractivity contribution in [3.05, 3.63) is 71.3 Å². The van der Waals surface area contributed by atoms with E-state index in [2.05, 4.69) is 37.1 Å². The third-order valence-corrected chi connectivity index (χ3v) is 6.27. The number of nitrogens with one attached hydrogen (secondary N) is 1. The van der Waals surface area contributed by atoms with Gasteiger partial charge in [0.1, 0.15) is 11.6 Å². The number of anilines is 1. The highest BCUT2D eigenvalue weighted by Crippen LogP contribution is 2.29. The SMILES string of the molecule is CC(C)(C)c1cc(N2CCOCC2)nc(SCc2cccc(C(=O)NCc3ccco3)c2)n1. The standard InChI is InChI=1S/C25H30N4O3S/c1-25(2,3)21-15-22(29-9-12-31-13-10-29)28-24(27-21)33-17-18-6-4-7-19(14-18)23(30)26-16-20-8-5-11-32-20/h4-8,11,14-15H,9-10,12-13,16-17H2,1-3H3,(H,26,30). The van der Waals surface area contributed by atoms with Crippen molar-refractivity contribution < 1.29 is 13.9 Å². The molecule has 1 aliphatic rings. The zero-order valence-electron chi connectivity index (χ0n) is 19.3. The van der Waals surface area contributed by atoms with Gasteiger partial charge in [0.05, 0.1) is 31.7 Å². The van der Waals surface area contributed by atoms with Crippen LogP contribution in [0.2, 0.25) is 0 Å². The van der Waals surface area contributed by atoms with Crippen LogP contribution in [-0.2, 0) is 22.4 Å². The largest absolute Gasteiger partial charge is 0.467 e. The Morgan fingerprint density at radius 3 is 2.67 bits per heavy atom. The van der Waals surface area contributed by atoms with Crippen molar-refractivity contribution in [2.24, 2.45) is 0 Å². The Kier molecular flexibility index (Phi) is 7.35. The van der Waals surface area contributed by atoms with Gasteiger partial charge < -0.3 is 19.4 Å². The van der Waals surface area contributed by atoms with E-state index in [0.717, 1.165) is 41.1 Å². The van der Waals surface area contributed by atoms with Crippen molar-refractivity contribution in [3.8, 4) is 0 Å². The summed E-state index contributed by atoms with van der Waals surface area (Å²) in [6, 6.07) is 13.4. The number of rotatable bonds is 7. The molecule has 1 fully saturated rings. The van der Waals surface area contributed by atoms with E-state index >= 15 is 0 Å². The van der Waals surface area contributed by atoms with Crippen LogP contribution >= 0.6 is 11.8 Å². The number of hydrogen-bond donors (Lipinski definition) is 1. The molecular formula is C25H30N4O3S. The maximum Gasteiger partial charge on any atom is 0.251 e. The maximum absolute atomic E-state index is 12.5. The van der Waals surface area contributed by atoms with Gasteiger partial charge in [0.15, 0.2) is 5.16 Å². The number of ether oxygens (including phenoxy) is 1. The highest BCUT2D eigenvalue weighted by atomic mass is 32.2. The number of amides is 1. The zero-order valence-corrected chi connectivity index (χ0v) is 20.2. The Bertz CT molecular complexity index is 1070. The monoisotopic (exact) mass is 466 g/mol. The summed E-state index contributed by atoms with van der Waals surface area (Å²) >= 11 is 1.59. The molecule has 0 unspecified atom stereocenters. The molecule has 7 nitrogen and oxygen atoms in total. The van der Waals surface area contributed by atoms with E-state index in [0.29, 0.717) is 31.1 Å².